The van der Waals surface area contributed by atoms with E-state index in [0.29, 0.717) is 31.3 Å². The van der Waals surface area contributed by atoms with Crippen LogP contribution < -0.4 is 9.47 Å². The van der Waals surface area contributed by atoms with Crippen molar-refractivity contribution in [3.8, 4) is 11.5 Å². The van der Waals surface area contributed by atoms with E-state index >= 15 is 0 Å². The van der Waals surface area contributed by atoms with Crippen molar-refractivity contribution in [3.05, 3.63) is 64.7 Å². The molecule has 2 aromatic rings. The summed E-state index contributed by atoms with van der Waals surface area (Å²) in [5.74, 6) is 1.46. The molecule has 3 rings (SSSR count). The van der Waals surface area contributed by atoms with Gasteiger partial charge in [-0.05, 0) is 48.4 Å². The Bertz CT molecular complexity index is 771. The topological polar surface area (TPSA) is 38.8 Å². The molecule has 4 nitrogen and oxygen atoms in total. The minimum absolute atomic E-state index is 0.0349. The molecule has 0 saturated heterocycles. The van der Waals surface area contributed by atoms with Crippen LogP contribution >= 0.6 is 11.6 Å². The molecular weight excluding hydrogens is 338 g/mol. The Hall–Kier alpha value is -2.46. The number of ether oxygens (including phenoxy) is 2. The minimum Gasteiger partial charge on any atom is -0.486 e. The van der Waals surface area contributed by atoms with Crippen molar-refractivity contribution >= 4 is 23.6 Å². The van der Waals surface area contributed by atoms with Gasteiger partial charge in [-0.25, -0.2) is 0 Å². The van der Waals surface area contributed by atoms with Crippen molar-refractivity contribution in [2.45, 2.75) is 13.5 Å². The number of fused-ring (bicyclic) bond motifs is 1. The van der Waals surface area contributed by atoms with Crippen LogP contribution in [0, 0.1) is 0 Å². The number of rotatable bonds is 5. The van der Waals surface area contributed by atoms with Crippen LogP contribution in [0.4, 0.5) is 0 Å². The first-order chi connectivity index (χ1) is 12.2. The summed E-state index contributed by atoms with van der Waals surface area (Å²) < 4.78 is 11.1. The molecule has 2 aromatic carbocycles. The Labute approximate surface area is 152 Å². The van der Waals surface area contributed by atoms with Crippen molar-refractivity contribution < 1.29 is 14.3 Å². The second-order valence-corrected chi connectivity index (χ2v) is 6.15. The summed E-state index contributed by atoms with van der Waals surface area (Å²) in [6.45, 7) is 4.24. The fourth-order valence-electron chi connectivity index (χ4n) is 2.60. The van der Waals surface area contributed by atoms with Gasteiger partial charge < -0.3 is 14.4 Å². The zero-order valence-electron chi connectivity index (χ0n) is 14.1. The number of likely N-dealkylation sites (N-methyl/N-ethyl adjacent to an activating group) is 1. The Morgan fingerprint density at radius 2 is 1.84 bits per heavy atom. The van der Waals surface area contributed by atoms with Crippen molar-refractivity contribution in [3.63, 3.8) is 0 Å². The van der Waals surface area contributed by atoms with Crippen LogP contribution in [0.2, 0.25) is 5.02 Å². The third-order valence-corrected chi connectivity index (χ3v) is 4.21. The van der Waals surface area contributed by atoms with Gasteiger partial charge in [-0.15, -0.1) is 0 Å². The van der Waals surface area contributed by atoms with Crippen molar-refractivity contribution in [1.29, 1.82) is 0 Å². The molecule has 0 bridgehead atoms. The maximum Gasteiger partial charge on any atom is 0.246 e. The van der Waals surface area contributed by atoms with Crippen LogP contribution in [0.15, 0.2) is 48.5 Å². The first kappa shape index (κ1) is 17.4. The molecular formula is C20H20ClNO3. The maximum absolute atomic E-state index is 12.5. The van der Waals surface area contributed by atoms with E-state index in [1.54, 1.807) is 29.2 Å². The minimum atomic E-state index is -0.0349. The van der Waals surface area contributed by atoms with Crippen LogP contribution in [0.1, 0.15) is 18.1 Å². The van der Waals surface area contributed by atoms with Gasteiger partial charge in [0.05, 0.1) is 0 Å². The highest BCUT2D eigenvalue weighted by atomic mass is 35.5. The predicted molar refractivity (Wildman–Crippen MR) is 99.0 cm³/mol. The number of hydrogen-bond acceptors (Lipinski definition) is 3. The molecule has 1 heterocycles. The Balaban J connectivity index is 1.67. The number of amides is 1. The quantitative estimate of drug-likeness (QED) is 0.754. The largest absolute Gasteiger partial charge is 0.486 e. The van der Waals surface area contributed by atoms with Crippen LogP contribution in [0.3, 0.4) is 0 Å². The Morgan fingerprint density at radius 3 is 2.56 bits per heavy atom. The Kier molecular flexibility index (Phi) is 5.61. The lowest BCUT2D eigenvalue weighted by Gasteiger charge is -2.22. The molecule has 1 aliphatic heterocycles. The second kappa shape index (κ2) is 8.08. The third-order valence-electron chi connectivity index (χ3n) is 3.96. The fourth-order valence-corrected chi connectivity index (χ4v) is 2.72. The summed E-state index contributed by atoms with van der Waals surface area (Å²) in [7, 11) is 0. The first-order valence-corrected chi connectivity index (χ1v) is 8.64. The number of halogens is 1. The molecule has 0 unspecified atom stereocenters. The van der Waals surface area contributed by atoms with Gasteiger partial charge in [0.25, 0.3) is 0 Å². The lowest BCUT2D eigenvalue weighted by molar-refractivity contribution is -0.126. The van der Waals surface area contributed by atoms with Crippen LogP contribution in [0.5, 0.6) is 11.5 Å². The number of carbonyl (C=O) groups is 1. The molecule has 0 N–H and O–H groups in total. The summed E-state index contributed by atoms with van der Waals surface area (Å²) in [4.78, 5) is 14.2. The molecule has 5 heteroatoms. The molecule has 0 spiro atoms. The zero-order chi connectivity index (χ0) is 17.6. The molecule has 0 radical (unpaired) electrons. The van der Waals surface area contributed by atoms with E-state index in [0.717, 1.165) is 22.6 Å². The zero-order valence-corrected chi connectivity index (χ0v) is 14.8. The van der Waals surface area contributed by atoms with E-state index in [9.17, 15) is 4.79 Å². The van der Waals surface area contributed by atoms with Gasteiger partial charge in [0.15, 0.2) is 11.5 Å². The maximum atomic E-state index is 12.5. The molecule has 0 aliphatic carbocycles. The van der Waals surface area contributed by atoms with Crippen LogP contribution in [-0.4, -0.2) is 30.6 Å². The molecule has 0 aromatic heterocycles. The molecule has 0 atom stereocenters. The molecule has 0 saturated carbocycles. The summed E-state index contributed by atoms with van der Waals surface area (Å²) in [6, 6.07) is 13.2. The highest BCUT2D eigenvalue weighted by molar-refractivity contribution is 6.30. The van der Waals surface area contributed by atoms with E-state index in [-0.39, 0.29) is 5.91 Å². The van der Waals surface area contributed by atoms with E-state index in [1.807, 2.05) is 37.3 Å². The third kappa shape index (κ3) is 4.54. The molecule has 130 valence electrons. The highest BCUT2D eigenvalue weighted by Gasteiger charge is 2.14. The lowest BCUT2D eigenvalue weighted by atomic mass is 10.1. The number of carbonyl (C=O) groups excluding carboxylic acids is 1. The smallest absolute Gasteiger partial charge is 0.246 e. The summed E-state index contributed by atoms with van der Waals surface area (Å²) >= 11 is 5.87. The normalized spacial score (nSPS) is 13.0. The molecule has 1 aliphatic rings. The summed E-state index contributed by atoms with van der Waals surface area (Å²) in [6.07, 6.45) is 3.38. The number of hydrogen-bond donors (Lipinski definition) is 0. The van der Waals surface area contributed by atoms with Gasteiger partial charge in [0.1, 0.15) is 13.2 Å². The monoisotopic (exact) mass is 357 g/mol. The summed E-state index contributed by atoms with van der Waals surface area (Å²) in [5.41, 5.74) is 1.95. The standard InChI is InChI=1S/C20H20ClNO3/c1-2-22(20(23)10-6-15-3-7-17(21)8-4-15)14-16-5-9-18-19(13-16)25-12-11-24-18/h3-10,13H,2,11-12,14H2,1H3. The van der Waals surface area contributed by atoms with Gasteiger partial charge in [0, 0.05) is 24.2 Å². The fraction of sp³-hybridized carbons (Fsp3) is 0.250. The number of nitrogens with zero attached hydrogens (tertiary/aromatic N) is 1. The van der Waals surface area contributed by atoms with Gasteiger partial charge in [0.2, 0.25) is 5.91 Å². The van der Waals surface area contributed by atoms with E-state index < -0.39 is 0 Å². The second-order valence-electron chi connectivity index (χ2n) is 5.72. The molecule has 25 heavy (non-hydrogen) atoms. The molecule has 0 fully saturated rings. The molecule has 1 amide bonds. The van der Waals surface area contributed by atoms with E-state index in [2.05, 4.69) is 0 Å². The van der Waals surface area contributed by atoms with Crippen LogP contribution in [-0.2, 0) is 11.3 Å². The van der Waals surface area contributed by atoms with Crippen LogP contribution in [0.25, 0.3) is 6.08 Å². The van der Waals surface area contributed by atoms with Gasteiger partial charge >= 0.3 is 0 Å². The first-order valence-electron chi connectivity index (χ1n) is 8.27. The average molecular weight is 358 g/mol. The highest BCUT2D eigenvalue weighted by Crippen LogP contribution is 2.31. The van der Waals surface area contributed by atoms with E-state index in [1.165, 1.54) is 0 Å². The summed E-state index contributed by atoms with van der Waals surface area (Å²) in [5, 5.41) is 0.678. The predicted octanol–water partition coefficient (Wildman–Crippen LogP) is 4.17. The van der Waals surface area contributed by atoms with Gasteiger partial charge in [-0.3, -0.25) is 4.79 Å². The van der Waals surface area contributed by atoms with Gasteiger partial charge in [-0.2, -0.15) is 0 Å². The SMILES string of the molecule is CCN(Cc1ccc2c(c1)OCCO2)C(=O)C=Cc1ccc(Cl)cc1. The van der Waals surface area contributed by atoms with E-state index in [4.69, 9.17) is 21.1 Å². The van der Waals surface area contributed by atoms with Gasteiger partial charge in [-0.1, -0.05) is 29.8 Å². The van der Waals surface area contributed by atoms with Crippen molar-refractivity contribution in [1.82, 2.24) is 4.90 Å². The number of benzene rings is 2. The van der Waals surface area contributed by atoms with Crippen molar-refractivity contribution in [2.75, 3.05) is 19.8 Å². The lowest BCUT2D eigenvalue weighted by Crippen LogP contribution is -2.28. The van der Waals surface area contributed by atoms with Crippen molar-refractivity contribution in [2.24, 2.45) is 0 Å². The average Bonchev–Trinajstić information content (AvgIpc) is 2.65. The Morgan fingerprint density at radius 1 is 1.12 bits per heavy atom.